The monoisotopic (exact) mass is 984 g/mol. The van der Waals surface area contributed by atoms with Gasteiger partial charge >= 0.3 is 0 Å². The summed E-state index contributed by atoms with van der Waals surface area (Å²) in [6.45, 7) is 4.77. The van der Waals surface area contributed by atoms with Gasteiger partial charge in [-0.15, -0.1) is 0 Å². The van der Waals surface area contributed by atoms with Crippen LogP contribution < -0.4 is 9.80 Å². The molecule has 0 unspecified atom stereocenters. The zero-order chi connectivity index (χ0) is 51.2. The number of hydrogen-bond acceptors (Lipinski definition) is 3. The van der Waals surface area contributed by atoms with Gasteiger partial charge in [-0.2, -0.15) is 0 Å². The topological polar surface area (TPSA) is 19.6 Å². The molecule has 15 rings (SSSR count). The summed E-state index contributed by atoms with van der Waals surface area (Å²) < 4.78 is 6.73. The van der Waals surface area contributed by atoms with Crippen molar-refractivity contribution in [3.8, 4) is 33.4 Å². The molecule has 3 nitrogen and oxygen atoms in total. The summed E-state index contributed by atoms with van der Waals surface area (Å²) in [5.74, 6) is 0. The Morgan fingerprint density at radius 1 is 0.299 bits per heavy atom. The Labute approximate surface area is 449 Å². The minimum absolute atomic E-state index is 0.217. The second-order valence-corrected chi connectivity index (χ2v) is 21.2. The van der Waals surface area contributed by atoms with Crippen LogP contribution >= 0.6 is 0 Å². The highest BCUT2D eigenvalue weighted by Gasteiger charge is 2.46. The van der Waals surface area contributed by atoms with Crippen molar-refractivity contribution >= 4 is 66.8 Å². The Morgan fingerprint density at radius 3 is 1.56 bits per heavy atom. The van der Waals surface area contributed by atoms with E-state index in [-0.39, 0.29) is 5.41 Å². The van der Waals surface area contributed by atoms with Crippen LogP contribution in [-0.4, -0.2) is 0 Å². The molecule has 1 aromatic heterocycles. The number of rotatable bonds is 9. The number of para-hydroxylation sites is 3. The Morgan fingerprint density at radius 2 is 0.844 bits per heavy atom. The molecule has 13 aromatic rings. The van der Waals surface area contributed by atoms with Gasteiger partial charge in [-0.05, 0) is 156 Å². The zero-order valence-electron chi connectivity index (χ0n) is 42.9. The summed E-state index contributed by atoms with van der Waals surface area (Å²) in [5.41, 5.74) is 22.2. The summed E-state index contributed by atoms with van der Waals surface area (Å²) >= 11 is 0. The number of furan rings is 1. The lowest BCUT2D eigenvalue weighted by Gasteiger charge is -2.35. The van der Waals surface area contributed by atoms with Gasteiger partial charge in [0.1, 0.15) is 11.2 Å². The van der Waals surface area contributed by atoms with Gasteiger partial charge in [0, 0.05) is 56.4 Å². The molecule has 77 heavy (non-hydrogen) atoms. The third-order valence-corrected chi connectivity index (χ3v) is 16.7. The number of nitrogens with zero attached hydrogens (tertiary/aromatic N) is 2. The van der Waals surface area contributed by atoms with E-state index in [2.05, 4.69) is 297 Å². The maximum atomic E-state index is 6.73. The average Bonchev–Trinajstić information content (AvgIpc) is 4.31. The first-order valence-electron chi connectivity index (χ1n) is 26.7. The van der Waals surface area contributed by atoms with E-state index in [1.165, 1.54) is 66.4 Å². The summed E-state index contributed by atoms with van der Waals surface area (Å²) in [5, 5.41) is 4.75. The first kappa shape index (κ1) is 44.8. The van der Waals surface area contributed by atoms with Crippen LogP contribution in [0.15, 0.2) is 283 Å². The van der Waals surface area contributed by atoms with E-state index in [0.717, 1.165) is 67.2 Å². The van der Waals surface area contributed by atoms with Crippen LogP contribution in [-0.2, 0) is 10.8 Å². The van der Waals surface area contributed by atoms with Crippen molar-refractivity contribution in [2.75, 3.05) is 9.80 Å². The van der Waals surface area contributed by atoms with Gasteiger partial charge in [0.25, 0.3) is 0 Å². The molecular formula is C74H52N2O. The minimum atomic E-state index is -0.594. The summed E-state index contributed by atoms with van der Waals surface area (Å²) in [6.07, 6.45) is 0. The van der Waals surface area contributed by atoms with E-state index in [0.29, 0.717) is 0 Å². The summed E-state index contributed by atoms with van der Waals surface area (Å²) in [6, 6.07) is 103. The van der Waals surface area contributed by atoms with Crippen LogP contribution in [0.25, 0.3) is 66.1 Å². The Kier molecular flexibility index (Phi) is 10.1. The molecule has 0 atom stereocenters. The lowest BCUT2D eigenvalue weighted by atomic mass is 9.67. The predicted molar refractivity (Wildman–Crippen MR) is 321 cm³/mol. The van der Waals surface area contributed by atoms with Crippen molar-refractivity contribution in [3.63, 3.8) is 0 Å². The second kappa shape index (κ2) is 17.4. The molecule has 0 fully saturated rings. The zero-order valence-corrected chi connectivity index (χ0v) is 42.9. The van der Waals surface area contributed by atoms with Gasteiger partial charge in [0.05, 0.1) is 5.41 Å². The Hall–Kier alpha value is -9.70. The predicted octanol–water partition coefficient (Wildman–Crippen LogP) is 20.0. The van der Waals surface area contributed by atoms with Crippen LogP contribution in [0.4, 0.5) is 34.1 Å². The first-order valence-corrected chi connectivity index (χ1v) is 26.7. The maximum Gasteiger partial charge on any atom is 0.137 e. The van der Waals surface area contributed by atoms with E-state index >= 15 is 0 Å². The van der Waals surface area contributed by atoms with Gasteiger partial charge in [-0.25, -0.2) is 0 Å². The van der Waals surface area contributed by atoms with E-state index in [1.807, 2.05) is 6.07 Å². The molecular weight excluding hydrogens is 933 g/mol. The number of fused-ring (bicyclic) bond motifs is 11. The van der Waals surface area contributed by atoms with Crippen molar-refractivity contribution in [2.45, 2.75) is 24.7 Å². The molecule has 1 heterocycles. The molecule has 0 bridgehead atoms. The van der Waals surface area contributed by atoms with Crippen molar-refractivity contribution in [3.05, 3.63) is 312 Å². The highest BCUT2D eigenvalue weighted by Crippen LogP contribution is 2.58. The molecule has 2 aliphatic carbocycles. The second-order valence-electron chi connectivity index (χ2n) is 21.2. The van der Waals surface area contributed by atoms with Gasteiger partial charge in [0.15, 0.2) is 0 Å². The van der Waals surface area contributed by atoms with Crippen LogP contribution in [0.1, 0.15) is 47.2 Å². The van der Waals surface area contributed by atoms with Crippen LogP contribution in [0.5, 0.6) is 0 Å². The summed E-state index contributed by atoms with van der Waals surface area (Å²) in [7, 11) is 0. The molecule has 0 saturated heterocycles. The molecule has 0 N–H and O–H groups in total. The molecule has 0 saturated carbocycles. The number of benzene rings is 12. The van der Waals surface area contributed by atoms with Crippen LogP contribution in [0.2, 0.25) is 0 Å². The SMILES string of the molecule is CC1(C)c2cc(-c3cc(N(c4ccccc4)c4ccccc4)cc(N(c4ccc5c(c4)C(c4ccccc4)(c4ccccc4)c4ccccc4-5)c4ccc5c(c4)oc4ccccc45)c3)ccc2-c2c1ccc1ccccc21. The highest BCUT2D eigenvalue weighted by molar-refractivity contribution is 6.07. The third-order valence-electron chi connectivity index (χ3n) is 16.7. The van der Waals surface area contributed by atoms with Crippen molar-refractivity contribution in [1.82, 2.24) is 0 Å². The molecule has 0 radical (unpaired) electrons. The maximum absolute atomic E-state index is 6.73. The molecule has 364 valence electrons. The molecule has 0 spiro atoms. The van der Waals surface area contributed by atoms with Crippen LogP contribution in [0.3, 0.4) is 0 Å². The van der Waals surface area contributed by atoms with E-state index < -0.39 is 5.41 Å². The fourth-order valence-electron chi connectivity index (χ4n) is 13.2. The van der Waals surface area contributed by atoms with Crippen molar-refractivity contribution < 1.29 is 4.42 Å². The molecule has 3 heteroatoms. The van der Waals surface area contributed by atoms with Crippen molar-refractivity contribution in [2.24, 2.45) is 0 Å². The normalized spacial score (nSPS) is 13.5. The minimum Gasteiger partial charge on any atom is -0.456 e. The Bertz CT molecular complexity index is 4350. The number of hydrogen-bond donors (Lipinski definition) is 0. The van der Waals surface area contributed by atoms with Gasteiger partial charge in [0.2, 0.25) is 0 Å². The summed E-state index contributed by atoms with van der Waals surface area (Å²) in [4.78, 5) is 4.85. The lowest BCUT2D eigenvalue weighted by Crippen LogP contribution is -2.28. The molecule has 12 aromatic carbocycles. The average molecular weight is 985 g/mol. The van der Waals surface area contributed by atoms with Crippen molar-refractivity contribution in [1.29, 1.82) is 0 Å². The molecule has 0 aliphatic heterocycles. The largest absolute Gasteiger partial charge is 0.456 e. The molecule has 2 aliphatic rings. The smallest absolute Gasteiger partial charge is 0.137 e. The fraction of sp³-hybridized carbons (Fsp3) is 0.0541. The lowest BCUT2D eigenvalue weighted by molar-refractivity contribution is 0.661. The highest BCUT2D eigenvalue weighted by atomic mass is 16.3. The quantitative estimate of drug-likeness (QED) is 0.144. The van der Waals surface area contributed by atoms with E-state index in [4.69, 9.17) is 4.42 Å². The van der Waals surface area contributed by atoms with Gasteiger partial charge in [-0.3, -0.25) is 0 Å². The Balaban J connectivity index is 1.01. The van der Waals surface area contributed by atoms with Gasteiger partial charge in [-0.1, -0.05) is 208 Å². The standard InChI is InChI=1S/C74H52N2O/c1-73(2)67-42-36-49-21-15-16-30-60(49)72(67)65-39-35-50(45-68(65)73)51-43-58(75(54-26-11-5-12-27-54)55-28-13-6-14-29-55)46-59(44-51)76(57-38-41-64-63-32-18-20-34-70(63)77-71(64)48-57)56-37-40-62-61-31-17-19-33-66(61)74(69(62)47-56,52-22-7-3-8-23-52)53-24-9-4-10-25-53/h3-48H,1-2H3. The van der Waals surface area contributed by atoms with Crippen LogP contribution in [0, 0.1) is 0 Å². The van der Waals surface area contributed by atoms with E-state index in [9.17, 15) is 0 Å². The first-order chi connectivity index (χ1) is 37.9. The fourth-order valence-corrected chi connectivity index (χ4v) is 13.2. The van der Waals surface area contributed by atoms with E-state index in [1.54, 1.807) is 0 Å². The molecule has 0 amide bonds. The van der Waals surface area contributed by atoms with Gasteiger partial charge < -0.3 is 14.2 Å². The number of anilines is 6. The third kappa shape index (κ3) is 6.90.